The molecule has 1 aromatic rings. The Kier molecular flexibility index (Phi) is 3.64. The molecule has 1 amide bonds. The lowest BCUT2D eigenvalue weighted by molar-refractivity contribution is -0.385. The zero-order chi connectivity index (χ0) is 14.9. The summed E-state index contributed by atoms with van der Waals surface area (Å²) in [6.07, 6.45) is 1.48. The van der Waals surface area contributed by atoms with Gasteiger partial charge in [0.25, 0.3) is 11.6 Å². The average Bonchev–Trinajstić information content (AvgIpc) is 2.88. The van der Waals surface area contributed by atoms with E-state index >= 15 is 0 Å². The van der Waals surface area contributed by atoms with Crippen molar-refractivity contribution in [2.45, 2.75) is 13.3 Å². The summed E-state index contributed by atoms with van der Waals surface area (Å²) in [5.74, 6) is -1.93. The molecular formula is C12H13N3O5. The van der Waals surface area contributed by atoms with Crippen LogP contribution in [0.2, 0.25) is 0 Å². The summed E-state index contributed by atoms with van der Waals surface area (Å²) in [5.41, 5.74) is 0.276. The number of carbonyl (C=O) groups is 2. The molecule has 2 heterocycles. The highest BCUT2D eigenvalue weighted by Gasteiger charge is 2.32. The molecule has 1 aromatic heterocycles. The summed E-state index contributed by atoms with van der Waals surface area (Å²) in [5, 5.41) is 19.6. The highest BCUT2D eigenvalue weighted by molar-refractivity contribution is 5.96. The molecule has 1 aliphatic heterocycles. The number of carbonyl (C=O) groups excluding carboxylic acids is 1. The van der Waals surface area contributed by atoms with Crippen LogP contribution < -0.4 is 0 Å². The van der Waals surface area contributed by atoms with Gasteiger partial charge in [-0.05, 0) is 13.3 Å². The molecule has 1 aliphatic rings. The molecule has 0 saturated carbocycles. The van der Waals surface area contributed by atoms with Gasteiger partial charge in [0.1, 0.15) is 6.20 Å². The maximum Gasteiger partial charge on any atom is 0.308 e. The monoisotopic (exact) mass is 279 g/mol. The predicted octanol–water partition coefficient (Wildman–Crippen LogP) is 0.845. The van der Waals surface area contributed by atoms with Crippen LogP contribution in [0.3, 0.4) is 0 Å². The maximum absolute atomic E-state index is 12.3. The van der Waals surface area contributed by atoms with E-state index in [1.807, 2.05) is 0 Å². The van der Waals surface area contributed by atoms with E-state index in [1.165, 1.54) is 11.0 Å². The van der Waals surface area contributed by atoms with Crippen molar-refractivity contribution in [3.8, 4) is 0 Å². The summed E-state index contributed by atoms with van der Waals surface area (Å²) in [6, 6.07) is 1.18. The van der Waals surface area contributed by atoms with Crippen LogP contribution in [-0.2, 0) is 4.79 Å². The zero-order valence-corrected chi connectivity index (χ0v) is 10.8. The van der Waals surface area contributed by atoms with E-state index in [-0.39, 0.29) is 17.8 Å². The van der Waals surface area contributed by atoms with Gasteiger partial charge >= 0.3 is 5.97 Å². The molecule has 2 rings (SSSR count). The Morgan fingerprint density at radius 1 is 1.55 bits per heavy atom. The molecule has 8 nitrogen and oxygen atoms in total. The number of nitro groups is 1. The number of hydrogen-bond donors (Lipinski definition) is 1. The Bertz CT molecular complexity index is 586. The standard InChI is InChI=1S/C12H13N3O5/c1-7-10(4-9(5-13-7)15(19)20)11(16)14-3-2-8(6-14)12(17)18/h4-5,8H,2-3,6H2,1H3,(H,17,18). The number of carboxylic acids is 1. The molecule has 8 heteroatoms. The van der Waals surface area contributed by atoms with Crippen molar-refractivity contribution in [3.05, 3.63) is 33.6 Å². The number of hydrogen-bond acceptors (Lipinski definition) is 5. The first kappa shape index (κ1) is 13.9. The van der Waals surface area contributed by atoms with Crippen molar-refractivity contribution in [2.24, 2.45) is 5.92 Å². The van der Waals surface area contributed by atoms with Gasteiger partial charge in [-0.2, -0.15) is 0 Å². The molecule has 1 fully saturated rings. The van der Waals surface area contributed by atoms with Gasteiger partial charge in [-0.1, -0.05) is 0 Å². The van der Waals surface area contributed by atoms with Crippen LogP contribution in [0.25, 0.3) is 0 Å². The number of carboxylic acid groups (broad SMARTS) is 1. The third-order valence-electron chi connectivity index (χ3n) is 3.34. The number of nitrogens with zero attached hydrogens (tertiary/aromatic N) is 3. The van der Waals surface area contributed by atoms with E-state index in [0.717, 1.165) is 6.20 Å². The van der Waals surface area contributed by atoms with Crippen LogP contribution in [0.15, 0.2) is 12.3 Å². The summed E-state index contributed by atoms with van der Waals surface area (Å²) in [7, 11) is 0. The van der Waals surface area contributed by atoms with Crippen LogP contribution >= 0.6 is 0 Å². The number of rotatable bonds is 3. The number of aromatic nitrogens is 1. The van der Waals surface area contributed by atoms with E-state index < -0.39 is 22.7 Å². The van der Waals surface area contributed by atoms with Crippen molar-refractivity contribution in [1.29, 1.82) is 0 Å². The fourth-order valence-corrected chi connectivity index (χ4v) is 2.16. The third kappa shape index (κ3) is 2.58. The summed E-state index contributed by atoms with van der Waals surface area (Å²) in [6.45, 7) is 2.04. The molecular weight excluding hydrogens is 266 g/mol. The number of aryl methyl sites for hydroxylation is 1. The van der Waals surface area contributed by atoms with Crippen molar-refractivity contribution in [1.82, 2.24) is 9.88 Å². The minimum Gasteiger partial charge on any atom is -0.481 e. The molecule has 1 N–H and O–H groups in total. The molecule has 1 unspecified atom stereocenters. The summed E-state index contributed by atoms with van der Waals surface area (Å²) < 4.78 is 0. The Balaban J connectivity index is 2.23. The van der Waals surface area contributed by atoms with Gasteiger partial charge in [0.15, 0.2) is 0 Å². The van der Waals surface area contributed by atoms with Gasteiger partial charge in [0.05, 0.1) is 22.1 Å². The van der Waals surface area contributed by atoms with Crippen molar-refractivity contribution in [2.75, 3.05) is 13.1 Å². The van der Waals surface area contributed by atoms with Crippen LogP contribution in [0.4, 0.5) is 5.69 Å². The van der Waals surface area contributed by atoms with Gasteiger partial charge in [0.2, 0.25) is 0 Å². The Morgan fingerprint density at radius 2 is 2.25 bits per heavy atom. The van der Waals surface area contributed by atoms with Crippen molar-refractivity contribution >= 4 is 17.6 Å². The van der Waals surface area contributed by atoms with Gasteiger partial charge < -0.3 is 10.0 Å². The first-order valence-corrected chi connectivity index (χ1v) is 6.03. The number of amides is 1. The van der Waals surface area contributed by atoms with Gasteiger partial charge in [-0.25, -0.2) is 0 Å². The fourth-order valence-electron chi connectivity index (χ4n) is 2.16. The average molecular weight is 279 g/mol. The van der Waals surface area contributed by atoms with E-state index in [4.69, 9.17) is 5.11 Å². The zero-order valence-electron chi connectivity index (χ0n) is 10.8. The minimum atomic E-state index is -0.936. The molecule has 0 aliphatic carbocycles. The molecule has 20 heavy (non-hydrogen) atoms. The topological polar surface area (TPSA) is 114 Å². The lowest BCUT2D eigenvalue weighted by atomic mass is 10.1. The normalized spacial score (nSPS) is 18.1. The Hall–Kier alpha value is -2.51. The number of likely N-dealkylation sites (tertiary alicyclic amines) is 1. The lowest BCUT2D eigenvalue weighted by Gasteiger charge is -2.16. The van der Waals surface area contributed by atoms with Crippen LogP contribution in [-0.4, -0.2) is 44.9 Å². The number of aliphatic carboxylic acids is 1. The SMILES string of the molecule is Cc1ncc([N+](=O)[O-])cc1C(=O)N1CCC(C(=O)O)C1. The van der Waals surface area contributed by atoms with Crippen LogP contribution in [0, 0.1) is 23.0 Å². The fraction of sp³-hybridized carbons (Fsp3) is 0.417. The van der Waals surface area contributed by atoms with Crippen LogP contribution in [0.5, 0.6) is 0 Å². The molecule has 106 valence electrons. The summed E-state index contributed by atoms with van der Waals surface area (Å²) >= 11 is 0. The van der Waals surface area contributed by atoms with E-state index in [1.54, 1.807) is 6.92 Å². The number of pyridine rings is 1. The summed E-state index contributed by atoms with van der Waals surface area (Å²) in [4.78, 5) is 38.5. The van der Waals surface area contributed by atoms with Crippen molar-refractivity contribution in [3.63, 3.8) is 0 Å². The second-order valence-electron chi connectivity index (χ2n) is 4.66. The second-order valence-corrected chi connectivity index (χ2v) is 4.66. The van der Waals surface area contributed by atoms with Crippen LogP contribution in [0.1, 0.15) is 22.5 Å². The minimum absolute atomic E-state index is 0.121. The molecule has 1 atom stereocenters. The van der Waals surface area contributed by atoms with E-state index in [0.29, 0.717) is 18.7 Å². The largest absolute Gasteiger partial charge is 0.481 e. The van der Waals surface area contributed by atoms with Gasteiger partial charge in [-0.3, -0.25) is 24.7 Å². The Labute approximate surface area is 114 Å². The highest BCUT2D eigenvalue weighted by atomic mass is 16.6. The molecule has 0 aromatic carbocycles. The first-order valence-electron chi connectivity index (χ1n) is 6.03. The highest BCUT2D eigenvalue weighted by Crippen LogP contribution is 2.22. The van der Waals surface area contributed by atoms with E-state index in [2.05, 4.69) is 4.98 Å². The lowest BCUT2D eigenvalue weighted by Crippen LogP contribution is -2.30. The molecule has 0 bridgehead atoms. The third-order valence-corrected chi connectivity index (χ3v) is 3.34. The smallest absolute Gasteiger partial charge is 0.308 e. The van der Waals surface area contributed by atoms with E-state index in [9.17, 15) is 19.7 Å². The Morgan fingerprint density at radius 3 is 2.80 bits per heavy atom. The molecule has 0 radical (unpaired) electrons. The van der Waals surface area contributed by atoms with Crippen molar-refractivity contribution < 1.29 is 19.6 Å². The second kappa shape index (κ2) is 5.24. The first-order chi connectivity index (χ1) is 9.40. The quantitative estimate of drug-likeness (QED) is 0.648. The predicted molar refractivity (Wildman–Crippen MR) is 67.3 cm³/mol. The van der Waals surface area contributed by atoms with Gasteiger partial charge in [-0.15, -0.1) is 0 Å². The van der Waals surface area contributed by atoms with Gasteiger partial charge in [0, 0.05) is 19.2 Å². The maximum atomic E-state index is 12.3. The molecule has 1 saturated heterocycles. The molecule has 0 spiro atoms.